The summed E-state index contributed by atoms with van der Waals surface area (Å²) in [7, 11) is 0. The Balaban J connectivity index is 1.48. The van der Waals surface area contributed by atoms with Crippen molar-refractivity contribution in [3.63, 3.8) is 0 Å². The molecule has 138 valence electrons. The van der Waals surface area contributed by atoms with Crippen molar-refractivity contribution in [3.05, 3.63) is 54.6 Å². The van der Waals surface area contributed by atoms with Crippen molar-refractivity contribution in [2.45, 2.75) is 45.1 Å². The Kier molecular flexibility index (Phi) is 6.53. The molecule has 1 aliphatic rings. The highest BCUT2D eigenvalue weighted by atomic mass is 16.5. The summed E-state index contributed by atoms with van der Waals surface area (Å²) in [6, 6.07) is 18.4. The van der Waals surface area contributed by atoms with Gasteiger partial charge in [0, 0.05) is 24.0 Å². The first-order valence-corrected chi connectivity index (χ1v) is 9.60. The zero-order valence-electron chi connectivity index (χ0n) is 15.5. The zero-order valence-corrected chi connectivity index (χ0v) is 15.5. The average molecular weight is 352 g/mol. The van der Waals surface area contributed by atoms with Crippen LogP contribution in [0.25, 0.3) is 0 Å². The summed E-state index contributed by atoms with van der Waals surface area (Å²) < 4.78 is 5.57. The van der Waals surface area contributed by atoms with E-state index < -0.39 is 0 Å². The Morgan fingerprint density at radius 2 is 1.88 bits per heavy atom. The molecule has 1 heterocycles. The van der Waals surface area contributed by atoms with E-state index in [9.17, 15) is 4.79 Å². The predicted octanol–water partition coefficient (Wildman–Crippen LogP) is 4.86. The lowest BCUT2D eigenvalue weighted by molar-refractivity contribution is -0.116. The molecule has 0 aliphatic carbocycles. The van der Waals surface area contributed by atoms with E-state index in [4.69, 9.17) is 4.74 Å². The molecule has 3 rings (SSSR count). The van der Waals surface area contributed by atoms with E-state index in [2.05, 4.69) is 29.3 Å². The first-order chi connectivity index (χ1) is 12.8. The Bertz CT molecular complexity index is 685. The van der Waals surface area contributed by atoms with Gasteiger partial charge in [0.2, 0.25) is 5.91 Å². The van der Waals surface area contributed by atoms with Crippen molar-refractivity contribution >= 4 is 17.3 Å². The van der Waals surface area contributed by atoms with E-state index in [1.807, 2.05) is 42.5 Å². The quantitative estimate of drug-likeness (QED) is 0.773. The number of carbonyl (C=O) groups is 1. The van der Waals surface area contributed by atoms with Gasteiger partial charge in [0.1, 0.15) is 5.75 Å². The monoisotopic (exact) mass is 352 g/mol. The summed E-state index contributed by atoms with van der Waals surface area (Å²) in [6.07, 6.45) is 5.38. The predicted molar refractivity (Wildman–Crippen MR) is 107 cm³/mol. The van der Waals surface area contributed by atoms with E-state index in [-0.39, 0.29) is 5.91 Å². The molecule has 1 N–H and O–H groups in total. The maximum Gasteiger partial charge on any atom is 0.227 e. The lowest BCUT2D eigenvalue weighted by atomic mass is 9.99. The molecule has 0 bridgehead atoms. The van der Waals surface area contributed by atoms with E-state index >= 15 is 0 Å². The van der Waals surface area contributed by atoms with Gasteiger partial charge in [0.25, 0.3) is 0 Å². The van der Waals surface area contributed by atoms with E-state index in [1.165, 1.54) is 31.4 Å². The molecule has 1 fully saturated rings. The maximum atomic E-state index is 12.1. The summed E-state index contributed by atoms with van der Waals surface area (Å²) in [5.41, 5.74) is 2.09. The van der Waals surface area contributed by atoms with Crippen LogP contribution in [0.3, 0.4) is 0 Å². The van der Waals surface area contributed by atoms with Gasteiger partial charge in [-0.05, 0) is 62.1 Å². The fourth-order valence-corrected chi connectivity index (χ4v) is 3.50. The van der Waals surface area contributed by atoms with Crippen molar-refractivity contribution in [2.75, 3.05) is 23.4 Å². The second-order valence-corrected chi connectivity index (χ2v) is 6.76. The second-order valence-electron chi connectivity index (χ2n) is 6.76. The molecule has 2 aromatic rings. The molecule has 1 saturated heterocycles. The maximum absolute atomic E-state index is 12.1. The molecule has 4 nitrogen and oxygen atoms in total. The Hall–Kier alpha value is -2.49. The minimum Gasteiger partial charge on any atom is -0.493 e. The van der Waals surface area contributed by atoms with Crippen molar-refractivity contribution in [1.82, 2.24) is 0 Å². The number of ether oxygens (including phenoxy) is 1. The van der Waals surface area contributed by atoms with Gasteiger partial charge < -0.3 is 15.0 Å². The van der Waals surface area contributed by atoms with Crippen LogP contribution in [0.4, 0.5) is 11.4 Å². The lowest BCUT2D eigenvalue weighted by Crippen LogP contribution is -2.39. The zero-order chi connectivity index (χ0) is 18.2. The minimum atomic E-state index is -0.0295. The van der Waals surface area contributed by atoms with Crippen LogP contribution >= 0.6 is 0 Å². The molecule has 1 aliphatic heterocycles. The van der Waals surface area contributed by atoms with Crippen LogP contribution in [0.2, 0.25) is 0 Å². The van der Waals surface area contributed by atoms with Crippen LogP contribution in [-0.2, 0) is 4.79 Å². The molecule has 0 saturated carbocycles. The number of amides is 1. The highest BCUT2D eigenvalue weighted by Crippen LogP contribution is 2.27. The fraction of sp³-hybridized carbons (Fsp3) is 0.409. The van der Waals surface area contributed by atoms with E-state index in [1.54, 1.807) is 0 Å². The summed E-state index contributed by atoms with van der Waals surface area (Å²) in [6.45, 7) is 3.76. The van der Waals surface area contributed by atoms with Crippen LogP contribution < -0.4 is 15.0 Å². The van der Waals surface area contributed by atoms with Crippen molar-refractivity contribution in [3.8, 4) is 5.75 Å². The summed E-state index contributed by atoms with van der Waals surface area (Å²) in [5.74, 6) is 0.759. The molecule has 1 amide bonds. The van der Waals surface area contributed by atoms with Crippen molar-refractivity contribution in [1.29, 1.82) is 0 Å². The van der Waals surface area contributed by atoms with Crippen molar-refractivity contribution in [2.24, 2.45) is 0 Å². The normalized spacial score (nSPS) is 17.0. The molecule has 0 radical (unpaired) electrons. The number of anilines is 2. The standard InChI is InChI=1S/C22H28N2O2/c1-2-19-8-6-7-16-24(19)20-13-11-18(12-14-20)23-22(25)15-17-26-21-9-4-3-5-10-21/h3-5,9-14,19H,2,6-8,15-17H2,1H3,(H,23,25). The lowest BCUT2D eigenvalue weighted by Gasteiger charge is -2.37. The Morgan fingerprint density at radius 3 is 2.62 bits per heavy atom. The van der Waals surface area contributed by atoms with Gasteiger partial charge in [-0.1, -0.05) is 25.1 Å². The number of rotatable bonds is 7. The molecule has 1 atom stereocenters. The largest absolute Gasteiger partial charge is 0.493 e. The van der Waals surface area contributed by atoms with E-state index in [0.717, 1.165) is 18.0 Å². The average Bonchev–Trinajstić information content (AvgIpc) is 2.69. The smallest absolute Gasteiger partial charge is 0.227 e. The molecule has 0 spiro atoms. The van der Waals surface area contributed by atoms with Crippen LogP contribution in [0.1, 0.15) is 39.0 Å². The van der Waals surface area contributed by atoms with E-state index in [0.29, 0.717) is 19.1 Å². The number of nitrogens with zero attached hydrogens (tertiary/aromatic N) is 1. The van der Waals surface area contributed by atoms with Crippen molar-refractivity contribution < 1.29 is 9.53 Å². The van der Waals surface area contributed by atoms with Gasteiger partial charge in [0.05, 0.1) is 13.0 Å². The number of carbonyl (C=O) groups excluding carboxylic acids is 1. The SMILES string of the molecule is CCC1CCCCN1c1ccc(NC(=O)CCOc2ccccc2)cc1. The molecule has 2 aromatic carbocycles. The molecule has 1 unspecified atom stereocenters. The number of hydrogen-bond donors (Lipinski definition) is 1. The first-order valence-electron chi connectivity index (χ1n) is 9.60. The highest BCUT2D eigenvalue weighted by Gasteiger charge is 2.20. The third-order valence-electron chi connectivity index (χ3n) is 4.92. The molecular formula is C22H28N2O2. The highest BCUT2D eigenvalue weighted by molar-refractivity contribution is 5.90. The first kappa shape index (κ1) is 18.3. The number of benzene rings is 2. The minimum absolute atomic E-state index is 0.0295. The Morgan fingerprint density at radius 1 is 1.12 bits per heavy atom. The van der Waals surface area contributed by atoms with Gasteiger partial charge in [-0.15, -0.1) is 0 Å². The molecule has 26 heavy (non-hydrogen) atoms. The number of para-hydroxylation sites is 1. The topological polar surface area (TPSA) is 41.6 Å². The third kappa shape index (κ3) is 5.01. The van der Waals surface area contributed by atoms with Gasteiger partial charge in [-0.25, -0.2) is 0 Å². The summed E-state index contributed by atoms with van der Waals surface area (Å²) in [4.78, 5) is 14.6. The molecule has 4 heteroatoms. The third-order valence-corrected chi connectivity index (χ3v) is 4.92. The van der Waals surface area contributed by atoms with Gasteiger partial charge >= 0.3 is 0 Å². The molecule has 0 aromatic heterocycles. The number of nitrogens with one attached hydrogen (secondary N) is 1. The molecular weight excluding hydrogens is 324 g/mol. The number of hydrogen-bond acceptors (Lipinski definition) is 3. The van der Waals surface area contributed by atoms with Crippen LogP contribution in [0.5, 0.6) is 5.75 Å². The number of piperidine rings is 1. The van der Waals surface area contributed by atoms with Crippen LogP contribution in [0.15, 0.2) is 54.6 Å². The Labute approximate surface area is 156 Å². The second kappa shape index (κ2) is 9.27. The van der Waals surface area contributed by atoms with Gasteiger partial charge in [-0.3, -0.25) is 4.79 Å². The fourth-order valence-electron chi connectivity index (χ4n) is 3.50. The van der Waals surface area contributed by atoms with Gasteiger partial charge in [0.15, 0.2) is 0 Å². The summed E-state index contributed by atoms with van der Waals surface area (Å²) >= 11 is 0. The van der Waals surface area contributed by atoms with Crippen LogP contribution in [-0.4, -0.2) is 25.1 Å². The van der Waals surface area contributed by atoms with Crippen LogP contribution in [0, 0.1) is 0 Å². The van der Waals surface area contributed by atoms with Gasteiger partial charge in [-0.2, -0.15) is 0 Å². The summed E-state index contributed by atoms with van der Waals surface area (Å²) in [5, 5.41) is 2.95.